The molecule has 4 aromatic rings. The van der Waals surface area contributed by atoms with Crippen LogP contribution in [0.15, 0.2) is 60.8 Å². The fraction of sp³-hybridized carbons (Fsp3) is 0.250. The number of aromatic nitrogens is 2. The highest BCUT2D eigenvalue weighted by Gasteiger charge is 2.24. The number of benzene rings is 2. The van der Waals surface area contributed by atoms with E-state index in [1.807, 2.05) is 18.3 Å². The summed E-state index contributed by atoms with van der Waals surface area (Å²) < 4.78 is 0. The molecule has 1 aliphatic rings. The van der Waals surface area contributed by atoms with Crippen LogP contribution in [-0.2, 0) is 13.0 Å². The zero-order chi connectivity index (χ0) is 18.2. The Balaban J connectivity index is 1.83. The minimum absolute atomic E-state index is 0.960. The molecule has 0 saturated carbocycles. The molecule has 134 valence electrons. The van der Waals surface area contributed by atoms with Crippen molar-refractivity contribution in [1.82, 2.24) is 14.9 Å². The molecule has 0 bridgehead atoms. The number of hydrogen-bond acceptors (Lipinski definition) is 3. The quantitative estimate of drug-likeness (QED) is 0.473. The Morgan fingerprint density at radius 1 is 0.963 bits per heavy atom. The molecule has 0 amide bonds. The fourth-order valence-corrected chi connectivity index (χ4v) is 4.39. The monoisotopic (exact) mass is 353 g/mol. The van der Waals surface area contributed by atoms with Crippen LogP contribution in [0.3, 0.4) is 0 Å². The highest BCUT2D eigenvalue weighted by Crippen LogP contribution is 2.36. The van der Waals surface area contributed by atoms with Gasteiger partial charge in [0.1, 0.15) is 0 Å². The van der Waals surface area contributed by atoms with Crippen LogP contribution in [0.4, 0.5) is 0 Å². The molecule has 3 heterocycles. The molecule has 0 saturated heterocycles. The molecule has 27 heavy (non-hydrogen) atoms. The standard InChI is InChI=1S/C24H23N3/c1-2-14-27-15-12-19-20(16-27)24(22-9-5-6-13-25-22)26-21-11-10-17-7-3-4-8-18(17)23(19)21/h3-11,13H,2,12,14-16H2,1H3. The summed E-state index contributed by atoms with van der Waals surface area (Å²) in [6.07, 6.45) is 4.11. The van der Waals surface area contributed by atoms with Crippen LogP contribution in [0.5, 0.6) is 0 Å². The molecule has 3 nitrogen and oxygen atoms in total. The average molecular weight is 353 g/mol. The Kier molecular flexibility index (Phi) is 4.10. The van der Waals surface area contributed by atoms with Crippen molar-refractivity contribution < 1.29 is 0 Å². The maximum absolute atomic E-state index is 5.11. The van der Waals surface area contributed by atoms with Gasteiger partial charge in [-0.2, -0.15) is 0 Å². The van der Waals surface area contributed by atoms with Crippen molar-refractivity contribution in [3.05, 3.63) is 71.9 Å². The third-order valence-corrected chi connectivity index (χ3v) is 5.60. The van der Waals surface area contributed by atoms with E-state index < -0.39 is 0 Å². The van der Waals surface area contributed by atoms with E-state index in [1.54, 1.807) is 0 Å². The van der Waals surface area contributed by atoms with E-state index in [4.69, 9.17) is 4.98 Å². The van der Waals surface area contributed by atoms with Gasteiger partial charge < -0.3 is 0 Å². The summed E-state index contributed by atoms with van der Waals surface area (Å²) in [6, 6.07) is 19.1. The lowest BCUT2D eigenvalue weighted by atomic mass is 9.90. The first kappa shape index (κ1) is 16.4. The highest BCUT2D eigenvalue weighted by atomic mass is 15.1. The van der Waals surface area contributed by atoms with Gasteiger partial charge >= 0.3 is 0 Å². The maximum Gasteiger partial charge on any atom is 0.0941 e. The summed E-state index contributed by atoms with van der Waals surface area (Å²) in [4.78, 5) is 12.3. The van der Waals surface area contributed by atoms with Crippen LogP contribution >= 0.6 is 0 Å². The predicted octanol–water partition coefficient (Wildman–Crippen LogP) is 5.22. The lowest BCUT2D eigenvalue weighted by Crippen LogP contribution is -2.32. The van der Waals surface area contributed by atoms with Gasteiger partial charge in [0.15, 0.2) is 0 Å². The van der Waals surface area contributed by atoms with E-state index in [0.29, 0.717) is 0 Å². The predicted molar refractivity (Wildman–Crippen MR) is 112 cm³/mol. The average Bonchev–Trinajstić information content (AvgIpc) is 2.73. The number of pyridine rings is 2. The number of fused-ring (bicyclic) bond motifs is 5. The second-order valence-corrected chi connectivity index (χ2v) is 7.34. The first-order chi connectivity index (χ1) is 13.3. The van der Waals surface area contributed by atoms with E-state index in [2.05, 4.69) is 59.3 Å². The molecule has 3 heteroatoms. The van der Waals surface area contributed by atoms with Gasteiger partial charge in [0.25, 0.3) is 0 Å². The van der Waals surface area contributed by atoms with Crippen molar-refractivity contribution in [2.24, 2.45) is 0 Å². The van der Waals surface area contributed by atoms with E-state index in [1.165, 1.54) is 33.7 Å². The Bertz CT molecular complexity index is 1120. The summed E-state index contributed by atoms with van der Waals surface area (Å²) in [5.41, 5.74) is 5.93. The maximum atomic E-state index is 5.11. The van der Waals surface area contributed by atoms with Crippen molar-refractivity contribution in [3.8, 4) is 11.4 Å². The largest absolute Gasteiger partial charge is 0.299 e. The number of rotatable bonds is 3. The lowest BCUT2D eigenvalue weighted by Gasteiger charge is -2.30. The van der Waals surface area contributed by atoms with Crippen molar-refractivity contribution in [3.63, 3.8) is 0 Å². The van der Waals surface area contributed by atoms with E-state index >= 15 is 0 Å². The molecule has 5 rings (SSSR count). The molecular formula is C24H23N3. The van der Waals surface area contributed by atoms with Crippen LogP contribution in [0.2, 0.25) is 0 Å². The van der Waals surface area contributed by atoms with Gasteiger partial charge in [-0.25, -0.2) is 4.98 Å². The minimum Gasteiger partial charge on any atom is -0.299 e. The van der Waals surface area contributed by atoms with Crippen molar-refractivity contribution in [2.75, 3.05) is 13.1 Å². The van der Waals surface area contributed by atoms with Gasteiger partial charge in [-0.3, -0.25) is 9.88 Å². The molecule has 1 aliphatic heterocycles. The van der Waals surface area contributed by atoms with Gasteiger partial charge in [0, 0.05) is 24.7 Å². The molecule has 0 fully saturated rings. The van der Waals surface area contributed by atoms with E-state index in [-0.39, 0.29) is 0 Å². The molecule has 0 aliphatic carbocycles. The van der Waals surface area contributed by atoms with Gasteiger partial charge in [-0.05, 0) is 59.5 Å². The second kappa shape index (κ2) is 6.75. The van der Waals surface area contributed by atoms with Gasteiger partial charge in [0.05, 0.1) is 16.9 Å². The van der Waals surface area contributed by atoms with Crippen molar-refractivity contribution >= 4 is 21.7 Å². The van der Waals surface area contributed by atoms with E-state index in [9.17, 15) is 0 Å². The summed E-state index contributed by atoms with van der Waals surface area (Å²) in [5, 5.41) is 3.93. The van der Waals surface area contributed by atoms with Gasteiger partial charge in [0.2, 0.25) is 0 Å². The fourth-order valence-electron chi connectivity index (χ4n) is 4.39. The summed E-state index contributed by atoms with van der Waals surface area (Å²) >= 11 is 0. The smallest absolute Gasteiger partial charge is 0.0941 e. The normalized spacial score (nSPS) is 14.6. The number of nitrogens with zero attached hydrogens (tertiary/aromatic N) is 3. The topological polar surface area (TPSA) is 29.0 Å². The highest BCUT2D eigenvalue weighted by molar-refractivity contribution is 6.09. The van der Waals surface area contributed by atoms with Crippen LogP contribution < -0.4 is 0 Å². The summed E-state index contributed by atoms with van der Waals surface area (Å²) in [5.74, 6) is 0. The van der Waals surface area contributed by atoms with Crippen LogP contribution in [0, 0.1) is 0 Å². The zero-order valence-electron chi connectivity index (χ0n) is 15.7. The van der Waals surface area contributed by atoms with Gasteiger partial charge in [-0.15, -0.1) is 0 Å². The Labute approximate surface area is 159 Å². The first-order valence-corrected chi connectivity index (χ1v) is 9.82. The van der Waals surface area contributed by atoms with Crippen molar-refractivity contribution in [1.29, 1.82) is 0 Å². The summed E-state index contributed by atoms with van der Waals surface area (Å²) in [7, 11) is 0. The lowest BCUT2D eigenvalue weighted by molar-refractivity contribution is 0.255. The Morgan fingerprint density at radius 2 is 1.85 bits per heavy atom. The molecule has 0 spiro atoms. The Morgan fingerprint density at radius 3 is 2.70 bits per heavy atom. The molecule has 0 unspecified atom stereocenters. The third-order valence-electron chi connectivity index (χ3n) is 5.60. The van der Waals surface area contributed by atoms with Crippen LogP contribution in [0.25, 0.3) is 33.1 Å². The van der Waals surface area contributed by atoms with Crippen LogP contribution in [0.1, 0.15) is 24.5 Å². The number of hydrogen-bond donors (Lipinski definition) is 0. The SMILES string of the molecule is CCCN1CCc2c(c(-c3ccccn3)nc3ccc4ccccc4c23)C1. The van der Waals surface area contributed by atoms with E-state index in [0.717, 1.165) is 43.0 Å². The molecule has 0 N–H and O–H groups in total. The minimum atomic E-state index is 0.960. The molecule has 2 aromatic carbocycles. The van der Waals surface area contributed by atoms with Crippen LogP contribution in [-0.4, -0.2) is 28.0 Å². The van der Waals surface area contributed by atoms with Gasteiger partial charge in [-0.1, -0.05) is 43.3 Å². The summed E-state index contributed by atoms with van der Waals surface area (Å²) in [6.45, 7) is 5.46. The molecule has 0 atom stereocenters. The Hall–Kier alpha value is -2.78. The molecule has 2 aromatic heterocycles. The first-order valence-electron chi connectivity index (χ1n) is 9.82. The third kappa shape index (κ3) is 2.79. The van der Waals surface area contributed by atoms with Crippen molar-refractivity contribution in [2.45, 2.75) is 26.3 Å². The molecular weight excluding hydrogens is 330 g/mol. The molecule has 0 radical (unpaired) electrons. The second-order valence-electron chi connectivity index (χ2n) is 7.34. The zero-order valence-corrected chi connectivity index (χ0v) is 15.7.